The fourth-order valence-electron chi connectivity index (χ4n) is 3.04. The molecule has 0 aliphatic carbocycles. The highest BCUT2D eigenvalue weighted by atomic mass is 32.2. The van der Waals surface area contributed by atoms with E-state index in [9.17, 15) is 24.3 Å². The molecule has 2 aromatic carbocycles. The largest absolute Gasteiger partial charge is 0.478 e. The molecule has 0 radical (unpaired) electrons. The Morgan fingerprint density at radius 3 is 2.26 bits per heavy atom. The third-order valence-corrected chi connectivity index (χ3v) is 6.08. The number of aromatic carboxylic acids is 2. The van der Waals surface area contributed by atoms with Gasteiger partial charge in [0.15, 0.2) is 0 Å². The van der Waals surface area contributed by atoms with Gasteiger partial charge in [0, 0.05) is 28.7 Å². The number of carbonyl (C=O) groups is 4. The van der Waals surface area contributed by atoms with E-state index in [1.807, 2.05) is 6.92 Å². The Morgan fingerprint density at radius 2 is 1.62 bits per heavy atom. The molecule has 4 N–H and O–H groups in total. The maximum absolute atomic E-state index is 12.7. The summed E-state index contributed by atoms with van der Waals surface area (Å²) in [5.41, 5.74) is 0.227. The zero-order valence-electron chi connectivity index (χ0n) is 18.0. The summed E-state index contributed by atoms with van der Waals surface area (Å²) in [6, 6.07) is 13.5. The lowest BCUT2D eigenvalue weighted by Gasteiger charge is -2.15. The number of nitrogens with zero attached hydrogens (tertiary/aromatic N) is 1. The van der Waals surface area contributed by atoms with Crippen molar-refractivity contribution in [3.05, 3.63) is 83.7 Å². The van der Waals surface area contributed by atoms with Crippen LogP contribution in [0.2, 0.25) is 0 Å². The minimum atomic E-state index is -1.41. The zero-order chi connectivity index (χ0) is 24.7. The molecule has 34 heavy (non-hydrogen) atoms. The molecule has 10 heteroatoms. The normalized spacial score (nSPS) is 11.3. The number of amides is 2. The highest BCUT2D eigenvalue weighted by Crippen LogP contribution is 2.29. The highest BCUT2D eigenvalue weighted by molar-refractivity contribution is 8.00. The molecule has 1 aromatic heterocycles. The van der Waals surface area contributed by atoms with Crippen LogP contribution in [0.1, 0.15) is 44.4 Å². The minimum absolute atomic E-state index is 0.168. The molecule has 0 aliphatic heterocycles. The fraction of sp³-hybridized carbons (Fsp3) is 0.125. The Morgan fingerprint density at radius 1 is 0.882 bits per heavy atom. The summed E-state index contributed by atoms with van der Waals surface area (Å²) in [5, 5.41) is 23.6. The van der Waals surface area contributed by atoms with Crippen LogP contribution in [-0.4, -0.2) is 44.2 Å². The number of carboxylic acid groups (broad SMARTS) is 2. The third kappa shape index (κ3) is 6.20. The van der Waals surface area contributed by atoms with Gasteiger partial charge in [-0.15, -0.1) is 11.8 Å². The maximum atomic E-state index is 12.7. The van der Waals surface area contributed by atoms with Crippen LogP contribution in [0.3, 0.4) is 0 Å². The first-order chi connectivity index (χ1) is 16.3. The summed E-state index contributed by atoms with van der Waals surface area (Å²) in [7, 11) is 0. The number of benzene rings is 2. The van der Waals surface area contributed by atoms with Gasteiger partial charge in [-0.05, 0) is 55.0 Å². The quantitative estimate of drug-likeness (QED) is 0.333. The lowest BCUT2D eigenvalue weighted by atomic mass is 10.0. The van der Waals surface area contributed by atoms with Crippen LogP contribution in [0.25, 0.3) is 0 Å². The van der Waals surface area contributed by atoms with E-state index in [0.717, 1.165) is 17.0 Å². The molecular formula is C24H21N3O6S. The molecule has 174 valence electrons. The Hall–Kier alpha value is -4.18. The number of pyridine rings is 1. The lowest BCUT2D eigenvalue weighted by molar-refractivity contribution is -0.115. The number of carboxylic acids is 2. The number of hydrogen-bond acceptors (Lipinski definition) is 6. The molecule has 1 atom stereocenters. The van der Waals surface area contributed by atoms with Crippen molar-refractivity contribution in [2.45, 2.75) is 23.5 Å². The summed E-state index contributed by atoms with van der Waals surface area (Å²) in [4.78, 5) is 52.7. The zero-order valence-corrected chi connectivity index (χ0v) is 18.8. The van der Waals surface area contributed by atoms with E-state index in [2.05, 4.69) is 15.6 Å². The summed E-state index contributed by atoms with van der Waals surface area (Å²) < 4.78 is 0. The second-order valence-electron chi connectivity index (χ2n) is 7.09. The predicted octanol–water partition coefficient (Wildman–Crippen LogP) is 4.24. The Bertz CT molecular complexity index is 1230. The van der Waals surface area contributed by atoms with Gasteiger partial charge in [0.25, 0.3) is 5.91 Å². The van der Waals surface area contributed by atoms with Crippen molar-refractivity contribution in [3.63, 3.8) is 0 Å². The summed E-state index contributed by atoms with van der Waals surface area (Å²) in [6.07, 6.45) is 3.73. The molecule has 0 fully saturated rings. The standard InChI is InChI=1S/C24H21N3O6S/c1-2-20(22(29)26-15-8-10-25-11-9-15)34-17-5-3-4-16(13-17)27-21(28)18-7-6-14(23(30)31)12-19(18)24(32)33/h3-13,20H,2H2,1H3,(H,27,28)(H,30,31)(H,32,33)(H,25,26,29). The maximum Gasteiger partial charge on any atom is 0.336 e. The van der Waals surface area contributed by atoms with E-state index in [1.54, 1.807) is 48.8 Å². The van der Waals surface area contributed by atoms with E-state index in [1.165, 1.54) is 17.8 Å². The number of aromatic nitrogens is 1. The van der Waals surface area contributed by atoms with Crippen molar-refractivity contribution in [2.75, 3.05) is 10.6 Å². The van der Waals surface area contributed by atoms with Gasteiger partial charge < -0.3 is 20.8 Å². The van der Waals surface area contributed by atoms with Crippen molar-refractivity contribution < 1.29 is 29.4 Å². The van der Waals surface area contributed by atoms with Crippen molar-refractivity contribution in [1.82, 2.24) is 4.98 Å². The van der Waals surface area contributed by atoms with Gasteiger partial charge in [-0.2, -0.15) is 0 Å². The SMILES string of the molecule is CCC(Sc1cccc(NC(=O)c2ccc(C(=O)O)cc2C(=O)O)c1)C(=O)Nc1ccncc1. The second kappa shape index (κ2) is 11.1. The van der Waals surface area contributed by atoms with Gasteiger partial charge in [-0.3, -0.25) is 14.6 Å². The molecule has 0 saturated carbocycles. The Balaban J connectivity index is 1.74. The van der Waals surface area contributed by atoms with E-state index in [4.69, 9.17) is 5.11 Å². The van der Waals surface area contributed by atoms with Crippen LogP contribution < -0.4 is 10.6 Å². The van der Waals surface area contributed by atoms with Gasteiger partial charge in [-0.25, -0.2) is 9.59 Å². The molecule has 0 aliphatic rings. The number of carbonyl (C=O) groups excluding carboxylic acids is 2. The number of anilines is 2. The van der Waals surface area contributed by atoms with Crippen molar-refractivity contribution in [3.8, 4) is 0 Å². The first-order valence-corrected chi connectivity index (χ1v) is 11.1. The molecule has 1 unspecified atom stereocenters. The predicted molar refractivity (Wildman–Crippen MR) is 128 cm³/mol. The third-order valence-electron chi connectivity index (χ3n) is 4.72. The van der Waals surface area contributed by atoms with Crippen LogP contribution in [0, 0.1) is 0 Å². The van der Waals surface area contributed by atoms with Crippen LogP contribution in [0.15, 0.2) is 71.9 Å². The van der Waals surface area contributed by atoms with Gasteiger partial charge in [0.05, 0.1) is 21.9 Å². The van der Waals surface area contributed by atoms with Crippen LogP contribution in [0.4, 0.5) is 11.4 Å². The second-order valence-corrected chi connectivity index (χ2v) is 8.37. The molecule has 0 bridgehead atoms. The topological polar surface area (TPSA) is 146 Å². The minimum Gasteiger partial charge on any atom is -0.478 e. The molecule has 0 spiro atoms. The molecule has 2 amide bonds. The van der Waals surface area contributed by atoms with Crippen LogP contribution >= 0.6 is 11.8 Å². The smallest absolute Gasteiger partial charge is 0.336 e. The molecule has 0 saturated heterocycles. The first-order valence-electron chi connectivity index (χ1n) is 10.2. The Labute approximate surface area is 199 Å². The van der Waals surface area contributed by atoms with E-state index >= 15 is 0 Å². The molecule has 3 rings (SSSR count). The van der Waals surface area contributed by atoms with E-state index < -0.39 is 23.4 Å². The number of hydrogen-bond donors (Lipinski definition) is 4. The lowest BCUT2D eigenvalue weighted by Crippen LogP contribution is -2.24. The summed E-state index contributed by atoms with van der Waals surface area (Å²) in [5.74, 6) is -3.57. The highest BCUT2D eigenvalue weighted by Gasteiger charge is 2.21. The summed E-state index contributed by atoms with van der Waals surface area (Å²) in [6.45, 7) is 1.89. The van der Waals surface area contributed by atoms with E-state index in [0.29, 0.717) is 17.8 Å². The molecule has 3 aromatic rings. The molecule has 9 nitrogen and oxygen atoms in total. The average Bonchev–Trinajstić information content (AvgIpc) is 2.82. The van der Waals surface area contributed by atoms with Crippen molar-refractivity contribution in [2.24, 2.45) is 0 Å². The van der Waals surface area contributed by atoms with Gasteiger partial charge in [0.2, 0.25) is 5.91 Å². The summed E-state index contributed by atoms with van der Waals surface area (Å²) >= 11 is 1.33. The monoisotopic (exact) mass is 479 g/mol. The van der Waals surface area contributed by atoms with E-state index in [-0.39, 0.29) is 22.3 Å². The first kappa shape index (κ1) is 24.5. The van der Waals surface area contributed by atoms with Crippen LogP contribution in [-0.2, 0) is 4.79 Å². The number of thioether (sulfide) groups is 1. The Kier molecular flexibility index (Phi) is 7.99. The number of nitrogens with one attached hydrogen (secondary N) is 2. The molecule has 1 heterocycles. The fourth-order valence-corrected chi connectivity index (χ4v) is 4.06. The van der Waals surface area contributed by atoms with Gasteiger partial charge in [-0.1, -0.05) is 13.0 Å². The van der Waals surface area contributed by atoms with Gasteiger partial charge in [0.1, 0.15) is 0 Å². The molecular weight excluding hydrogens is 458 g/mol. The average molecular weight is 480 g/mol. The van der Waals surface area contributed by atoms with Crippen LogP contribution in [0.5, 0.6) is 0 Å². The van der Waals surface area contributed by atoms with Crippen molar-refractivity contribution >= 4 is 46.9 Å². The van der Waals surface area contributed by atoms with Gasteiger partial charge >= 0.3 is 11.9 Å². The number of rotatable bonds is 9. The van der Waals surface area contributed by atoms with Crippen molar-refractivity contribution in [1.29, 1.82) is 0 Å².